The van der Waals surface area contributed by atoms with E-state index in [-0.39, 0.29) is 5.92 Å². The molecule has 1 aliphatic heterocycles. The summed E-state index contributed by atoms with van der Waals surface area (Å²) < 4.78 is 0. The summed E-state index contributed by atoms with van der Waals surface area (Å²) >= 11 is 0. The van der Waals surface area contributed by atoms with Crippen LogP contribution < -0.4 is 0 Å². The van der Waals surface area contributed by atoms with Gasteiger partial charge in [-0.3, -0.25) is 9.69 Å². The Labute approximate surface area is 102 Å². The molecule has 1 aliphatic rings. The topological polar surface area (TPSA) is 40.5 Å². The van der Waals surface area contributed by atoms with Gasteiger partial charge in [-0.2, -0.15) is 0 Å². The number of benzene rings is 1. The van der Waals surface area contributed by atoms with Crippen LogP contribution >= 0.6 is 0 Å². The predicted octanol–water partition coefficient (Wildman–Crippen LogP) is 2.23. The Morgan fingerprint density at radius 2 is 2.06 bits per heavy atom. The molecule has 3 heteroatoms. The van der Waals surface area contributed by atoms with E-state index < -0.39 is 5.97 Å². The normalized spacial score (nSPS) is 25.0. The Balaban J connectivity index is 1.99. The van der Waals surface area contributed by atoms with E-state index in [9.17, 15) is 9.90 Å². The molecule has 2 atom stereocenters. The molecule has 1 aromatic carbocycles. The fourth-order valence-corrected chi connectivity index (χ4v) is 2.62. The van der Waals surface area contributed by atoms with Crippen LogP contribution in [0.4, 0.5) is 0 Å². The lowest BCUT2D eigenvalue weighted by atomic mass is 9.94. The molecule has 0 saturated carbocycles. The minimum Gasteiger partial charge on any atom is -0.481 e. The fraction of sp³-hybridized carbons (Fsp3) is 0.500. The molecule has 17 heavy (non-hydrogen) atoms. The summed E-state index contributed by atoms with van der Waals surface area (Å²) in [5.74, 6) is -0.535. The van der Waals surface area contributed by atoms with Crippen LogP contribution in [0.1, 0.15) is 18.9 Å². The van der Waals surface area contributed by atoms with Gasteiger partial charge in [0.1, 0.15) is 0 Å². The summed E-state index contributed by atoms with van der Waals surface area (Å²) in [6.07, 6.45) is 0.947. The molecule has 0 amide bonds. The zero-order chi connectivity index (χ0) is 12.3. The van der Waals surface area contributed by atoms with E-state index in [4.69, 9.17) is 0 Å². The highest BCUT2D eigenvalue weighted by molar-refractivity contribution is 5.71. The van der Waals surface area contributed by atoms with Crippen molar-refractivity contribution >= 4 is 5.97 Å². The lowest BCUT2D eigenvalue weighted by molar-refractivity contribution is -0.142. The van der Waals surface area contributed by atoms with Crippen LogP contribution in [0.2, 0.25) is 0 Å². The lowest BCUT2D eigenvalue weighted by Crippen LogP contribution is -2.23. The highest BCUT2D eigenvalue weighted by atomic mass is 16.4. The van der Waals surface area contributed by atoms with Crippen molar-refractivity contribution in [2.24, 2.45) is 11.8 Å². The van der Waals surface area contributed by atoms with Crippen molar-refractivity contribution in [3.05, 3.63) is 35.9 Å². The van der Waals surface area contributed by atoms with Gasteiger partial charge in [-0.1, -0.05) is 43.7 Å². The van der Waals surface area contributed by atoms with Gasteiger partial charge >= 0.3 is 5.97 Å². The molecule has 1 N–H and O–H groups in total. The molecule has 2 rings (SSSR count). The van der Waals surface area contributed by atoms with E-state index in [1.807, 2.05) is 18.2 Å². The molecule has 0 aliphatic carbocycles. The second kappa shape index (κ2) is 5.32. The van der Waals surface area contributed by atoms with Crippen molar-refractivity contribution < 1.29 is 9.90 Å². The predicted molar refractivity (Wildman–Crippen MR) is 66.6 cm³/mol. The van der Waals surface area contributed by atoms with Crippen LogP contribution in [0.5, 0.6) is 0 Å². The molecule has 0 bridgehead atoms. The van der Waals surface area contributed by atoms with Crippen molar-refractivity contribution in [1.82, 2.24) is 4.90 Å². The van der Waals surface area contributed by atoms with E-state index in [2.05, 4.69) is 24.0 Å². The number of carboxylic acids is 1. The van der Waals surface area contributed by atoms with Crippen LogP contribution in [0.25, 0.3) is 0 Å². The van der Waals surface area contributed by atoms with E-state index >= 15 is 0 Å². The first-order chi connectivity index (χ1) is 8.20. The molecule has 0 radical (unpaired) electrons. The Morgan fingerprint density at radius 3 is 2.59 bits per heavy atom. The molecule has 0 unspecified atom stereocenters. The van der Waals surface area contributed by atoms with Gasteiger partial charge in [-0.15, -0.1) is 0 Å². The molecule has 92 valence electrons. The Bertz CT molecular complexity index is 377. The Morgan fingerprint density at radius 1 is 1.35 bits per heavy atom. The smallest absolute Gasteiger partial charge is 0.308 e. The first kappa shape index (κ1) is 12.1. The quantitative estimate of drug-likeness (QED) is 0.867. The summed E-state index contributed by atoms with van der Waals surface area (Å²) in [6, 6.07) is 10.2. The highest BCUT2D eigenvalue weighted by Gasteiger charge is 2.36. The minimum atomic E-state index is -0.646. The second-order valence-corrected chi connectivity index (χ2v) is 4.79. The highest BCUT2D eigenvalue weighted by Crippen LogP contribution is 2.27. The van der Waals surface area contributed by atoms with Crippen LogP contribution in [-0.4, -0.2) is 29.1 Å². The molecule has 0 spiro atoms. The molecule has 1 heterocycles. The maximum absolute atomic E-state index is 11.1. The number of carboxylic acid groups (broad SMARTS) is 1. The zero-order valence-electron chi connectivity index (χ0n) is 10.2. The van der Waals surface area contributed by atoms with E-state index in [0.29, 0.717) is 12.5 Å². The van der Waals surface area contributed by atoms with Crippen LogP contribution in [0.3, 0.4) is 0 Å². The number of rotatable bonds is 4. The number of likely N-dealkylation sites (tertiary alicyclic amines) is 1. The van der Waals surface area contributed by atoms with Crippen molar-refractivity contribution in [2.45, 2.75) is 19.9 Å². The average Bonchev–Trinajstić information content (AvgIpc) is 2.73. The zero-order valence-corrected chi connectivity index (χ0v) is 10.2. The monoisotopic (exact) mass is 233 g/mol. The van der Waals surface area contributed by atoms with Gasteiger partial charge in [-0.05, 0) is 11.5 Å². The summed E-state index contributed by atoms with van der Waals surface area (Å²) in [5, 5.41) is 9.17. The molecule has 1 fully saturated rings. The minimum absolute atomic E-state index is 0.191. The molecule has 1 aromatic rings. The van der Waals surface area contributed by atoms with Gasteiger partial charge in [0.2, 0.25) is 0 Å². The first-order valence-electron chi connectivity index (χ1n) is 6.19. The number of carbonyl (C=O) groups is 1. The Hall–Kier alpha value is -1.35. The third kappa shape index (κ3) is 2.86. The van der Waals surface area contributed by atoms with E-state index in [1.54, 1.807) is 0 Å². The number of hydrogen-bond donors (Lipinski definition) is 1. The van der Waals surface area contributed by atoms with Crippen molar-refractivity contribution in [3.63, 3.8) is 0 Å². The van der Waals surface area contributed by atoms with Crippen LogP contribution in [0, 0.1) is 11.8 Å². The summed E-state index contributed by atoms with van der Waals surface area (Å²) in [4.78, 5) is 13.4. The number of hydrogen-bond acceptors (Lipinski definition) is 2. The van der Waals surface area contributed by atoms with E-state index in [1.165, 1.54) is 5.56 Å². The first-order valence-corrected chi connectivity index (χ1v) is 6.19. The van der Waals surface area contributed by atoms with E-state index in [0.717, 1.165) is 19.5 Å². The standard InChI is InChI=1S/C14H19NO2/c1-2-12-9-15(10-13(12)14(16)17)8-11-6-4-3-5-7-11/h3-7,12-13H,2,8-10H2,1H3,(H,16,17)/t12-,13+/m0/s1. The van der Waals surface area contributed by atoms with Crippen LogP contribution in [-0.2, 0) is 11.3 Å². The largest absolute Gasteiger partial charge is 0.481 e. The SMILES string of the molecule is CC[C@H]1CN(Cc2ccccc2)C[C@H]1C(=O)O. The van der Waals surface area contributed by atoms with Gasteiger partial charge < -0.3 is 5.11 Å². The summed E-state index contributed by atoms with van der Waals surface area (Å²) in [7, 11) is 0. The average molecular weight is 233 g/mol. The third-order valence-corrected chi connectivity index (χ3v) is 3.61. The molecule has 1 saturated heterocycles. The van der Waals surface area contributed by atoms with Crippen molar-refractivity contribution in [1.29, 1.82) is 0 Å². The molecule has 0 aromatic heterocycles. The van der Waals surface area contributed by atoms with Crippen molar-refractivity contribution in [2.75, 3.05) is 13.1 Å². The van der Waals surface area contributed by atoms with Gasteiger partial charge in [0.25, 0.3) is 0 Å². The van der Waals surface area contributed by atoms with Crippen molar-refractivity contribution in [3.8, 4) is 0 Å². The Kier molecular flexibility index (Phi) is 3.79. The van der Waals surface area contributed by atoms with Gasteiger partial charge in [0.15, 0.2) is 0 Å². The number of aliphatic carboxylic acids is 1. The third-order valence-electron chi connectivity index (χ3n) is 3.61. The van der Waals surface area contributed by atoms with Gasteiger partial charge in [0.05, 0.1) is 5.92 Å². The second-order valence-electron chi connectivity index (χ2n) is 4.79. The number of nitrogens with zero attached hydrogens (tertiary/aromatic N) is 1. The lowest BCUT2D eigenvalue weighted by Gasteiger charge is -2.15. The fourth-order valence-electron chi connectivity index (χ4n) is 2.62. The molecular formula is C14H19NO2. The summed E-state index contributed by atoms with van der Waals surface area (Å²) in [6.45, 7) is 4.53. The molecular weight excluding hydrogens is 214 g/mol. The maximum Gasteiger partial charge on any atom is 0.308 e. The van der Waals surface area contributed by atoms with Gasteiger partial charge in [0, 0.05) is 19.6 Å². The maximum atomic E-state index is 11.1. The van der Waals surface area contributed by atoms with Crippen LogP contribution in [0.15, 0.2) is 30.3 Å². The molecule has 3 nitrogen and oxygen atoms in total. The van der Waals surface area contributed by atoms with Gasteiger partial charge in [-0.25, -0.2) is 0 Å². The summed E-state index contributed by atoms with van der Waals surface area (Å²) in [5.41, 5.74) is 1.26.